The molecular weight excluding hydrogens is 356 g/mol. The highest BCUT2D eigenvalue weighted by molar-refractivity contribution is 5.91. The summed E-state index contributed by atoms with van der Waals surface area (Å²) in [7, 11) is 0. The van der Waals surface area contributed by atoms with E-state index in [1.165, 1.54) is 36.8 Å². The van der Waals surface area contributed by atoms with Gasteiger partial charge in [-0.05, 0) is 73.3 Å². The van der Waals surface area contributed by atoms with Crippen LogP contribution in [0.2, 0.25) is 0 Å². The highest BCUT2D eigenvalue weighted by Crippen LogP contribution is 2.63. The van der Waals surface area contributed by atoms with Gasteiger partial charge in [-0.15, -0.1) is 0 Å². The summed E-state index contributed by atoms with van der Waals surface area (Å²) in [6.07, 6.45) is 14.8. The molecule has 4 aliphatic carbocycles. The number of carbonyl (C=O) groups excluding carboxylic acids is 1. The second-order valence-corrected chi connectivity index (χ2v) is 10.4. The van der Waals surface area contributed by atoms with Crippen molar-refractivity contribution in [2.75, 3.05) is 0 Å². The second kappa shape index (κ2) is 7.23. The summed E-state index contributed by atoms with van der Waals surface area (Å²) >= 11 is 0. The highest BCUT2D eigenvalue weighted by atomic mass is 16.5. The van der Waals surface area contributed by atoms with Crippen molar-refractivity contribution in [2.24, 2.45) is 28.6 Å². The molecule has 0 spiro atoms. The van der Waals surface area contributed by atoms with Gasteiger partial charge < -0.3 is 4.74 Å². The molecule has 0 radical (unpaired) electrons. The number of fused-ring (bicyclic) bond motifs is 5. The number of allylic oxidation sites excluding steroid dienone is 3. The Morgan fingerprint density at radius 1 is 1.03 bits per heavy atom. The van der Waals surface area contributed by atoms with Gasteiger partial charge in [-0.3, -0.25) is 4.79 Å². The molecule has 1 aromatic rings. The van der Waals surface area contributed by atoms with E-state index in [1.54, 1.807) is 0 Å². The minimum atomic E-state index is 0.208. The molecular formula is C27H34O2. The van der Waals surface area contributed by atoms with Crippen molar-refractivity contribution in [3.63, 3.8) is 0 Å². The van der Waals surface area contributed by atoms with Crippen LogP contribution in [0, 0.1) is 28.6 Å². The van der Waals surface area contributed by atoms with Crippen LogP contribution in [-0.2, 0) is 16.1 Å². The quantitative estimate of drug-likeness (QED) is 0.569. The van der Waals surface area contributed by atoms with E-state index >= 15 is 0 Å². The van der Waals surface area contributed by atoms with Gasteiger partial charge in [0.05, 0.1) is 12.7 Å². The first kappa shape index (κ1) is 19.3. The average molecular weight is 391 g/mol. The first-order valence-corrected chi connectivity index (χ1v) is 11.6. The second-order valence-electron chi connectivity index (χ2n) is 10.4. The van der Waals surface area contributed by atoms with E-state index in [1.807, 2.05) is 6.08 Å². The predicted octanol–water partition coefficient (Wildman–Crippen LogP) is 6.27. The molecule has 2 saturated carbocycles. The molecule has 0 heterocycles. The highest BCUT2D eigenvalue weighted by Gasteiger charge is 2.57. The average Bonchev–Trinajstić information content (AvgIpc) is 2.73. The van der Waals surface area contributed by atoms with E-state index in [0.717, 1.165) is 31.1 Å². The van der Waals surface area contributed by atoms with Gasteiger partial charge in [-0.1, -0.05) is 61.9 Å². The van der Waals surface area contributed by atoms with E-state index in [-0.39, 0.29) is 16.9 Å². The summed E-state index contributed by atoms with van der Waals surface area (Å²) in [6, 6.07) is 10.6. The molecule has 5 rings (SSSR count). The number of ether oxygens (including phenoxy) is 1. The molecule has 6 atom stereocenters. The summed E-state index contributed by atoms with van der Waals surface area (Å²) in [4.78, 5) is 12.0. The number of hydrogen-bond acceptors (Lipinski definition) is 2. The normalized spacial score (nSPS) is 41.2. The van der Waals surface area contributed by atoms with Crippen molar-refractivity contribution in [3.05, 3.63) is 59.7 Å². The maximum Gasteiger partial charge on any atom is 0.155 e. The van der Waals surface area contributed by atoms with E-state index in [2.05, 4.69) is 56.3 Å². The van der Waals surface area contributed by atoms with Crippen LogP contribution in [-0.4, -0.2) is 11.9 Å². The number of benzene rings is 1. The molecule has 0 aromatic heterocycles. The van der Waals surface area contributed by atoms with Gasteiger partial charge in [-0.2, -0.15) is 0 Å². The van der Waals surface area contributed by atoms with Gasteiger partial charge in [-0.25, -0.2) is 0 Å². The van der Waals surface area contributed by atoms with E-state index in [0.29, 0.717) is 18.3 Å². The summed E-state index contributed by atoms with van der Waals surface area (Å²) in [5, 5.41) is 0. The third-order valence-electron chi connectivity index (χ3n) is 9.02. The summed E-state index contributed by atoms with van der Waals surface area (Å²) in [5.74, 6) is 2.54. The Morgan fingerprint density at radius 3 is 2.69 bits per heavy atom. The lowest BCUT2D eigenvalue weighted by Gasteiger charge is -2.60. The molecule has 29 heavy (non-hydrogen) atoms. The molecule has 154 valence electrons. The first-order valence-electron chi connectivity index (χ1n) is 11.6. The zero-order valence-electron chi connectivity index (χ0n) is 17.9. The minimum absolute atomic E-state index is 0.208. The van der Waals surface area contributed by atoms with Crippen LogP contribution in [0.1, 0.15) is 64.4 Å². The van der Waals surface area contributed by atoms with Crippen molar-refractivity contribution in [2.45, 2.75) is 71.5 Å². The monoisotopic (exact) mass is 390 g/mol. The van der Waals surface area contributed by atoms with Crippen LogP contribution < -0.4 is 0 Å². The largest absolute Gasteiger partial charge is 0.369 e. The standard InChI is InChI=1S/C27H34O2/c1-26-15-13-21(28)17-20(26)11-12-22-23-9-6-10-25(27(23,2)16-14-24(22)26)29-18-19-7-4-3-5-8-19/h3-8,10,17,22-25H,9,11-16,18H2,1-2H3/t22-,23+,24+,25?,26-,27+/m1/s1. The number of ketones is 1. The molecule has 2 nitrogen and oxygen atoms in total. The maximum atomic E-state index is 12.0. The third kappa shape index (κ3) is 3.15. The van der Waals surface area contributed by atoms with Gasteiger partial charge in [0.25, 0.3) is 0 Å². The van der Waals surface area contributed by atoms with Gasteiger partial charge >= 0.3 is 0 Å². The van der Waals surface area contributed by atoms with Crippen LogP contribution in [0.15, 0.2) is 54.1 Å². The Bertz CT molecular complexity index is 837. The fourth-order valence-corrected chi connectivity index (χ4v) is 7.28. The van der Waals surface area contributed by atoms with Crippen molar-refractivity contribution >= 4 is 5.78 Å². The van der Waals surface area contributed by atoms with Gasteiger partial charge in [0, 0.05) is 11.8 Å². The van der Waals surface area contributed by atoms with Crippen molar-refractivity contribution in [1.82, 2.24) is 0 Å². The summed E-state index contributed by atoms with van der Waals surface area (Å²) in [5.41, 5.74) is 3.20. The SMILES string of the molecule is C[C@@]12CCC(=O)C=C1CC[C@H]1[C@@H]2CC[C@]2(C)C(OCc3ccccc3)C=CC[C@@H]12. The molecule has 0 amide bonds. The fraction of sp³-hybridized carbons (Fsp3) is 0.593. The molecule has 0 saturated heterocycles. The van der Waals surface area contributed by atoms with E-state index in [4.69, 9.17) is 4.74 Å². The maximum absolute atomic E-state index is 12.0. The van der Waals surface area contributed by atoms with Crippen LogP contribution in [0.4, 0.5) is 0 Å². The zero-order chi connectivity index (χ0) is 20.1. The van der Waals surface area contributed by atoms with Gasteiger partial charge in [0.1, 0.15) is 0 Å². The van der Waals surface area contributed by atoms with Crippen LogP contribution >= 0.6 is 0 Å². The molecule has 0 N–H and O–H groups in total. The number of rotatable bonds is 3. The topological polar surface area (TPSA) is 26.3 Å². The van der Waals surface area contributed by atoms with Gasteiger partial charge in [0.15, 0.2) is 5.78 Å². The fourth-order valence-electron chi connectivity index (χ4n) is 7.28. The zero-order valence-corrected chi connectivity index (χ0v) is 17.9. The lowest BCUT2D eigenvalue weighted by Crippen LogP contribution is -2.55. The van der Waals surface area contributed by atoms with Crippen molar-refractivity contribution < 1.29 is 9.53 Å². The van der Waals surface area contributed by atoms with E-state index in [9.17, 15) is 4.79 Å². The Balaban J connectivity index is 1.38. The first-order chi connectivity index (χ1) is 14.0. The number of carbonyl (C=O) groups is 1. The molecule has 2 fully saturated rings. The summed E-state index contributed by atoms with van der Waals surface area (Å²) < 4.78 is 6.52. The molecule has 1 aromatic carbocycles. The Morgan fingerprint density at radius 2 is 1.86 bits per heavy atom. The molecule has 4 aliphatic rings. The van der Waals surface area contributed by atoms with Crippen LogP contribution in [0.3, 0.4) is 0 Å². The Kier molecular flexibility index (Phi) is 4.81. The Hall–Kier alpha value is -1.67. The Labute approximate surface area is 175 Å². The smallest absolute Gasteiger partial charge is 0.155 e. The minimum Gasteiger partial charge on any atom is -0.369 e. The lowest BCUT2D eigenvalue weighted by atomic mass is 9.45. The predicted molar refractivity (Wildman–Crippen MR) is 116 cm³/mol. The van der Waals surface area contributed by atoms with Crippen LogP contribution in [0.25, 0.3) is 0 Å². The number of hydrogen-bond donors (Lipinski definition) is 0. The molecule has 2 heteroatoms. The van der Waals surface area contributed by atoms with E-state index < -0.39 is 0 Å². The van der Waals surface area contributed by atoms with Crippen LogP contribution in [0.5, 0.6) is 0 Å². The third-order valence-corrected chi connectivity index (χ3v) is 9.02. The van der Waals surface area contributed by atoms with Crippen molar-refractivity contribution in [3.8, 4) is 0 Å². The molecule has 0 aliphatic heterocycles. The lowest BCUT2D eigenvalue weighted by molar-refractivity contribution is -0.126. The summed E-state index contributed by atoms with van der Waals surface area (Å²) in [6.45, 7) is 5.65. The molecule has 1 unspecified atom stereocenters. The van der Waals surface area contributed by atoms with Crippen molar-refractivity contribution in [1.29, 1.82) is 0 Å². The molecule has 0 bridgehead atoms. The van der Waals surface area contributed by atoms with Gasteiger partial charge in [0.2, 0.25) is 0 Å².